The minimum absolute atomic E-state index is 0.370. The molecular weight excluding hydrogens is 324 g/mol. The van der Waals surface area contributed by atoms with Crippen LogP contribution in [0.1, 0.15) is 42.6 Å². The second kappa shape index (κ2) is 7.79. The van der Waals surface area contributed by atoms with Gasteiger partial charge in [0.1, 0.15) is 5.69 Å². The van der Waals surface area contributed by atoms with Crippen molar-refractivity contribution in [3.8, 4) is 11.6 Å². The molecule has 134 valence electrons. The summed E-state index contributed by atoms with van der Waals surface area (Å²) in [5, 5.41) is 4.20. The number of rotatable bonds is 5. The summed E-state index contributed by atoms with van der Waals surface area (Å²) in [6.45, 7) is 5.33. The molecule has 1 fully saturated rings. The van der Waals surface area contributed by atoms with Crippen LogP contribution < -0.4 is 0 Å². The van der Waals surface area contributed by atoms with E-state index in [9.17, 15) is 0 Å². The Kier molecular flexibility index (Phi) is 5.07. The summed E-state index contributed by atoms with van der Waals surface area (Å²) in [6.07, 6.45) is 4.96. The number of hydrogen-bond acceptors (Lipinski definition) is 5. The molecule has 1 saturated heterocycles. The van der Waals surface area contributed by atoms with Crippen LogP contribution in [-0.4, -0.2) is 33.1 Å². The van der Waals surface area contributed by atoms with Gasteiger partial charge in [0.2, 0.25) is 0 Å². The van der Waals surface area contributed by atoms with Crippen LogP contribution in [0.3, 0.4) is 0 Å². The molecule has 2 aromatic heterocycles. The van der Waals surface area contributed by atoms with Gasteiger partial charge in [0, 0.05) is 18.7 Å². The van der Waals surface area contributed by atoms with Crippen molar-refractivity contribution in [1.82, 2.24) is 20.0 Å². The zero-order chi connectivity index (χ0) is 17.8. The molecule has 0 aliphatic carbocycles. The summed E-state index contributed by atoms with van der Waals surface area (Å²) in [5.74, 6) is 1.70. The highest BCUT2D eigenvalue weighted by atomic mass is 16.5. The number of pyridine rings is 1. The van der Waals surface area contributed by atoms with Gasteiger partial charge in [0.05, 0.1) is 0 Å². The summed E-state index contributed by atoms with van der Waals surface area (Å²) in [4.78, 5) is 11.4. The summed E-state index contributed by atoms with van der Waals surface area (Å²) in [5.41, 5.74) is 3.52. The first-order chi connectivity index (χ1) is 12.8. The summed E-state index contributed by atoms with van der Waals surface area (Å²) in [7, 11) is 0. The molecule has 26 heavy (non-hydrogen) atoms. The number of piperidine rings is 1. The molecule has 0 spiro atoms. The lowest BCUT2D eigenvalue weighted by molar-refractivity contribution is 0.200. The smallest absolute Gasteiger partial charge is 0.276 e. The molecule has 0 bridgehead atoms. The maximum atomic E-state index is 5.41. The van der Waals surface area contributed by atoms with Crippen LogP contribution in [0.5, 0.6) is 0 Å². The predicted octanol–water partition coefficient (Wildman–Crippen LogP) is 4.07. The van der Waals surface area contributed by atoms with Crippen molar-refractivity contribution in [2.24, 2.45) is 0 Å². The summed E-state index contributed by atoms with van der Waals surface area (Å²) in [6, 6.07) is 14.7. The molecule has 0 unspecified atom stereocenters. The molecule has 5 nitrogen and oxygen atoms in total. The number of aromatic nitrogens is 3. The van der Waals surface area contributed by atoms with Gasteiger partial charge in [-0.1, -0.05) is 42.4 Å². The Labute approximate surface area is 154 Å². The fourth-order valence-corrected chi connectivity index (χ4v) is 3.48. The molecule has 0 saturated carbocycles. The molecule has 0 radical (unpaired) electrons. The van der Waals surface area contributed by atoms with Gasteiger partial charge in [-0.2, -0.15) is 4.98 Å². The first-order valence-corrected chi connectivity index (χ1v) is 9.37. The molecule has 0 N–H and O–H groups in total. The number of hydrogen-bond donors (Lipinski definition) is 0. The topological polar surface area (TPSA) is 55.1 Å². The zero-order valence-electron chi connectivity index (χ0n) is 15.1. The van der Waals surface area contributed by atoms with Gasteiger partial charge in [0.25, 0.3) is 5.89 Å². The van der Waals surface area contributed by atoms with Crippen molar-refractivity contribution >= 4 is 0 Å². The number of likely N-dealkylation sites (tertiary alicyclic amines) is 1. The number of benzene rings is 1. The van der Waals surface area contributed by atoms with E-state index >= 15 is 0 Å². The molecule has 1 aromatic carbocycles. The predicted molar refractivity (Wildman–Crippen MR) is 101 cm³/mol. The third-order valence-electron chi connectivity index (χ3n) is 5.12. The van der Waals surface area contributed by atoms with Crippen LogP contribution in [0.15, 0.2) is 53.2 Å². The molecule has 0 atom stereocenters. The van der Waals surface area contributed by atoms with E-state index in [0.29, 0.717) is 11.8 Å². The van der Waals surface area contributed by atoms with Gasteiger partial charge in [-0.25, -0.2) is 0 Å². The lowest BCUT2D eigenvalue weighted by atomic mass is 9.95. The van der Waals surface area contributed by atoms with E-state index < -0.39 is 0 Å². The largest absolute Gasteiger partial charge is 0.332 e. The quantitative estimate of drug-likeness (QED) is 0.695. The molecule has 3 heterocycles. The van der Waals surface area contributed by atoms with Gasteiger partial charge in [-0.15, -0.1) is 0 Å². The number of nitrogens with zero attached hydrogens (tertiary/aromatic N) is 4. The van der Waals surface area contributed by atoms with E-state index in [1.807, 2.05) is 18.2 Å². The Morgan fingerprint density at radius 2 is 1.81 bits per heavy atom. The summed E-state index contributed by atoms with van der Waals surface area (Å²) < 4.78 is 5.41. The van der Waals surface area contributed by atoms with Gasteiger partial charge in [0.15, 0.2) is 5.82 Å². The minimum atomic E-state index is 0.370. The highest BCUT2D eigenvalue weighted by molar-refractivity contribution is 5.45. The van der Waals surface area contributed by atoms with Crippen LogP contribution in [0.25, 0.3) is 11.6 Å². The van der Waals surface area contributed by atoms with E-state index in [0.717, 1.165) is 50.4 Å². The van der Waals surface area contributed by atoms with Crippen LogP contribution in [0.4, 0.5) is 0 Å². The normalized spacial score (nSPS) is 16.0. The van der Waals surface area contributed by atoms with Crippen molar-refractivity contribution in [3.05, 3.63) is 65.6 Å². The molecular formula is C21H24N4O. The maximum Gasteiger partial charge on any atom is 0.276 e. The van der Waals surface area contributed by atoms with Crippen LogP contribution in [-0.2, 0) is 13.0 Å². The standard InChI is InChI=1S/C21H24N4O/c1-2-16-6-8-17(9-7-16)15-25-13-10-18(11-14-25)20-23-21(26-24-20)19-5-3-4-12-22-19/h3-9,12,18H,2,10-11,13-15H2,1H3. The van der Waals surface area contributed by atoms with E-state index in [2.05, 4.69) is 51.2 Å². The monoisotopic (exact) mass is 348 g/mol. The highest BCUT2D eigenvalue weighted by Crippen LogP contribution is 2.28. The van der Waals surface area contributed by atoms with Crippen molar-refractivity contribution in [2.75, 3.05) is 13.1 Å². The Hall–Kier alpha value is -2.53. The van der Waals surface area contributed by atoms with Gasteiger partial charge in [-0.05, 0) is 55.6 Å². The third kappa shape index (κ3) is 3.83. The average molecular weight is 348 g/mol. The first-order valence-electron chi connectivity index (χ1n) is 9.37. The zero-order valence-corrected chi connectivity index (χ0v) is 15.1. The highest BCUT2D eigenvalue weighted by Gasteiger charge is 2.25. The molecule has 4 rings (SSSR count). The lowest BCUT2D eigenvalue weighted by Crippen LogP contribution is -2.32. The molecule has 3 aromatic rings. The van der Waals surface area contributed by atoms with Crippen LogP contribution in [0, 0.1) is 0 Å². The fourth-order valence-electron chi connectivity index (χ4n) is 3.48. The Morgan fingerprint density at radius 1 is 1.04 bits per heavy atom. The molecule has 1 aliphatic rings. The van der Waals surface area contributed by atoms with Crippen molar-refractivity contribution in [2.45, 2.75) is 38.6 Å². The molecule has 5 heteroatoms. The molecule has 1 aliphatic heterocycles. The fraction of sp³-hybridized carbons (Fsp3) is 0.381. The van der Waals surface area contributed by atoms with Crippen LogP contribution in [0.2, 0.25) is 0 Å². The first kappa shape index (κ1) is 16.9. The Morgan fingerprint density at radius 3 is 2.50 bits per heavy atom. The van der Waals surface area contributed by atoms with E-state index in [1.54, 1.807) is 6.20 Å². The summed E-state index contributed by atoms with van der Waals surface area (Å²) >= 11 is 0. The van der Waals surface area contributed by atoms with Crippen molar-refractivity contribution < 1.29 is 4.52 Å². The molecule has 0 amide bonds. The minimum Gasteiger partial charge on any atom is -0.332 e. The van der Waals surface area contributed by atoms with E-state index in [4.69, 9.17) is 4.52 Å². The van der Waals surface area contributed by atoms with E-state index in [1.165, 1.54) is 11.1 Å². The lowest BCUT2D eigenvalue weighted by Gasteiger charge is -2.30. The average Bonchev–Trinajstić information content (AvgIpc) is 3.20. The van der Waals surface area contributed by atoms with Gasteiger partial charge < -0.3 is 4.52 Å². The van der Waals surface area contributed by atoms with Crippen molar-refractivity contribution in [3.63, 3.8) is 0 Å². The second-order valence-corrected chi connectivity index (χ2v) is 6.89. The second-order valence-electron chi connectivity index (χ2n) is 6.89. The number of aryl methyl sites for hydroxylation is 1. The Bertz CT molecular complexity index is 821. The van der Waals surface area contributed by atoms with Crippen molar-refractivity contribution in [1.29, 1.82) is 0 Å². The third-order valence-corrected chi connectivity index (χ3v) is 5.12. The van der Waals surface area contributed by atoms with E-state index in [-0.39, 0.29) is 0 Å². The van der Waals surface area contributed by atoms with Gasteiger partial charge in [-0.3, -0.25) is 9.88 Å². The Balaban J connectivity index is 1.34. The van der Waals surface area contributed by atoms with Crippen LogP contribution >= 0.6 is 0 Å². The SMILES string of the molecule is CCc1ccc(CN2CCC(c3noc(-c4ccccn4)n3)CC2)cc1. The maximum absolute atomic E-state index is 5.41. The van der Waals surface area contributed by atoms with Gasteiger partial charge >= 0.3 is 0 Å².